The van der Waals surface area contributed by atoms with E-state index in [1.807, 2.05) is 0 Å². The van der Waals surface area contributed by atoms with Gasteiger partial charge < -0.3 is 5.73 Å². The van der Waals surface area contributed by atoms with Gasteiger partial charge in [-0.3, -0.25) is 0 Å². The minimum absolute atomic E-state index is 0.307. The molecule has 1 heteroatoms. The van der Waals surface area contributed by atoms with Crippen LogP contribution in [0.25, 0.3) is 0 Å². The van der Waals surface area contributed by atoms with Crippen molar-refractivity contribution in [2.75, 3.05) is 6.54 Å². The van der Waals surface area contributed by atoms with Crippen molar-refractivity contribution in [3.63, 3.8) is 0 Å². The molecule has 2 N–H and O–H groups in total. The fourth-order valence-corrected chi connectivity index (χ4v) is 3.19. The lowest BCUT2D eigenvalue weighted by atomic mass is 9.62. The number of hydrogen-bond donors (Lipinski definition) is 1. The van der Waals surface area contributed by atoms with Crippen LogP contribution in [0.2, 0.25) is 0 Å². The van der Waals surface area contributed by atoms with E-state index in [1.165, 1.54) is 24.0 Å². The molecule has 0 aliphatic heterocycles. The summed E-state index contributed by atoms with van der Waals surface area (Å²) in [5.41, 5.74) is 12.3. The number of rotatable bonds is 2. The zero-order valence-electron chi connectivity index (χ0n) is 12.6. The van der Waals surface area contributed by atoms with Gasteiger partial charge >= 0.3 is 0 Å². The highest BCUT2D eigenvalue weighted by molar-refractivity contribution is 5.47. The Bertz CT molecular complexity index is 455. The lowest BCUT2D eigenvalue weighted by molar-refractivity contribution is 0.331. The van der Waals surface area contributed by atoms with Gasteiger partial charge in [-0.2, -0.15) is 0 Å². The summed E-state index contributed by atoms with van der Waals surface area (Å²) in [6.07, 6.45) is 3.55. The van der Waals surface area contributed by atoms with E-state index in [-0.39, 0.29) is 0 Å². The summed E-state index contributed by atoms with van der Waals surface area (Å²) in [7, 11) is 0. The maximum Gasteiger partial charge on any atom is -0.00366 e. The van der Waals surface area contributed by atoms with Gasteiger partial charge in [0.2, 0.25) is 0 Å². The molecule has 0 atom stereocenters. The fraction of sp³-hybridized carbons (Fsp3) is 0.647. The molecule has 0 fully saturated rings. The molecule has 100 valence electrons. The average Bonchev–Trinajstić information content (AvgIpc) is 2.27. The van der Waals surface area contributed by atoms with E-state index in [9.17, 15) is 0 Å². The average molecular weight is 245 g/mol. The Balaban J connectivity index is 2.61. The summed E-state index contributed by atoms with van der Waals surface area (Å²) in [6.45, 7) is 12.5. The molecule has 18 heavy (non-hydrogen) atoms. The quantitative estimate of drug-likeness (QED) is 0.841. The second kappa shape index (κ2) is 4.38. The summed E-state index contributed by atoms with van der Waals surface area (Å²) < 4.78 is 0. The molecule has 1 nitrogen and oxygen atoms in total. The Kier molecular flexibility index (Phi) is 3.31. The van der Waals surface area contributed by atoms with Crippen LogP contribution < -0.4 is 5.73 Å². The smallest absolute Gasteiger partial charge is 0.00366 e. The van der Waals surface area contributed by atoms with Gasteiger partial charge in [-0.15, -0.1) is 0 Å². The zero-order valence-corrected chi connectivity index (χ0v) is 12.6. The first-order valence-electron chi connectivity index (χ1n) is 7.12. The van der Waals surface area contributed by atoms with Gasteiger partial charge in [0.1, 0.15) is 0 Å². The van der Waals surface area contributed by atoms with Gasteiger partial charge in [0.25, 0.3) is 0 Å². The van der Waals surface area contributed by atoms with Gasteiger partial charge in [0.05, 0.1) is 0 Å². The van der Waals surface area contributed by atoms with Crippen LogP contribution in [0.4, 0.5) is 0 Å². The molecular formula is C17H27N. The van der Waals surface area contributed by atoms with E-state index in [1.54, 1.807) is 11.1 Å². The van der Waals surface area contributed by atoms with Crippen LogP contribution in [0.1, 0.15) is 62.8 Å². The second-order valence-corrected chi connectivity index (χ2v) is 7.13. The standard InChI is InChI=1S/C17H27N/c1-12-10-14-15(11-13(12)6-9-18)17(4,5)8-7-16(14,2)3/h10-11H,6-9,18H2,1-5H3. The SMILES string of the molecule is Cc1cc2c(cc1CCN)C(C)(C)CCC2(C)C. The van der Waals surface area contributed by atoms with Gasteiger partial charge in [0.15, 0.2) is 0 Å². The number of benzene rings is 1. The topological polar surface area (TPSA) is 26.0 Å². The van der Waals surface area contributed by atoms with Gasteiger partial charge in [-0.1, -0.05) is 39.8 Å². The molecule has 0 aromatic heterocycles. The molecule has 2 rings (SSSR count). The molecule has 0 heterocycles. The Labute approximate surface area is 112 Å². The summed E-state index contributed by atoms with van der Waals surface area (Å²) in [5, 5.41) is 0. The molecule has 1 aromatic rings. The molecule has 0 saturated heterocycles. The third-order valence-corrected chi connectivity index (χ3v) is 4.72. The highest BCUT2D eigenvalue weighted by atomic mass is 14.5. The van der Waals surface area contributed by atoms with Crippen LogP contribution in [-0.2, 0) is 17.3 Å². The normalized spacial score (nSPS) is 20.6. The van der Waals surface area contributed by atoms with Crippen LogP contribution in [0.5, 0.6) is 0 Å². The van der Waals surface area contributed by atoms with Crippen molar-refractivity contribution in [1.29, 1.82) is 0 Å². The zero-order chi connectivity index (χ0) is 13.6. The van der Waals surface area contributed by atoms with Crippen molar-refractivity contribution < 1.29 is 0 Å². The number of fused-ring (bicyclic) bond motifs is 1. The van der Waals surface area contributed by atoms with E-state index in [2.05, 4.69) is 46.8 Å². The van der Waals surface area contributed by atoms with E-state index in [0.717, 1.165) is 13.0 Å². The molecule has 0 radical (unpaired) electrons. The lowest BCUT2D eigenvalue weighted by Gasteiger charge is -2.42. The maximum atomic E-state index is 5.73. The fourth-order valence-electron chi connectivity index (χ4n) is 3.19. The molecule has 0 bridgehead atoms. The van der Waals surface area contributed by atoms with Crippen LogP contribution >= 0.6 is 0 Å². The first-order chi connectivity index (χ1) is 8.28. The largest absolute Gasteiger partial charge is 0.330 e. The van der Waals surface area contributed by atoms with Crippen molar-refractivity contribution in [3.8, 4) is 0 Å². The molecule has 0 unspecified atom stereocenters. The minimum Gasteiger partial charge on any atom is -0.330 e. The van der Waals surface area contributed by atoms with Crippen LogP contribution in [0.3, 0.4) is 0 Å². The van der Waals surface area contributed by atoms with Crippen LogP contribution in [0, 0.1) is 6.92 Å². The molecule has 1 aromatic carbocycles. The number of nitrogens with two attached hydrogens (primary N) is 1. The maximum absolute atomic E-state index is 5.73. The molecule has 1 aliphatic rings. The molecular weight excluding hydrogens is 218 g/mol. The highest BCUT2D eigenvalue weighted by Gasteiger charge is 2.37. The molecule has 0 amide bonds. The highest BCUT2D eigenvalue weighted by Crippen LogP contribution is 2.46. The van der Waals surface area contributed by atoms with Crippen molar-refractivity contribution >= 4 is 0 Å². The van der Waals surface area contributed by atoms with Gasteiger partial charge in [-0.25, -0.2) is 0 Å². The van der Waals surface area contributed by atoms with E-state index < -0.39 is 0 Å². The lowest BCUT2D eigenvalue weighted by Crippen LogP contribution is -2.34. The first kappa shape index (κ1) is 13.6. The molecule has 0 spiro atoms. The van der Waals surface area contributed by atoms with Crippen molar-refractivity contribution in [1.82, 2.24) is 0 Å². The summed E-state index contributed by atoms with van der Waals surface area (Å²) in [5.74, 6) is 0. The predicted octanol–water partition coefficient (Wildman–Crippen LogP) is 3.85. The van der Waals surface area contributed by atoms with E-state index >= 15 is 0 Å². The third-order valence-electron chi connectivity index (χ3n) is 4.72. The third kappa shape index (κ3) is 2.21. The molecule has 0 saturated carbocycles. The van der Waals surface area contributed by atoms with E-state index in [0.29, 0.717) is 10.8 Å². The predicted molar refractivity (Wildman–Crippen MR) is 79.2 cm³/mol. The summed E-state index contributed by atoms with van der Waals surface area (Å²) >= 11 is 0. The monoisotopic (exact) mass is 245 g/mol. The minimum atomic E-state index is 0.307. The summed E-state index contributed by atoms with van der Waals surface area (Å²) in [4.78, 5) is 0. The van der Waals surface area contributed by atoms with Gasteiger partial charge in [-0.05, 0) is 65.8 Å². The van der Waals surface area contributed by atoms with Crippen molar-refractivity contribution in [2.24, 2.45) is 5.73 Å². The van der Waals surface area contributed by atoms with Crippen molar-refractivity contribution in [3.05, 3.63) is 34.4 Å². The number of hydrogen-bond acceptors (Lipinski definition) is 1. The van der Waals surface area contributed by atoms with Crippen LogP contribution in [0.15, 0.2) is 12.1 Å². The van der Waals surface area contributed by atoms with Gasteiger partial charge in [0, 0.05) is 0 Å². The number of aryl methyl sites for hydroxylation is 1. The Morgan fingerprint density at radius 3 is 2.00 bits per heavy atom. The van der Waals surface area contributed by atoms with Crippen molar-refractivity contribution in [2.45, 2.75) is 64.7 Å². The summed E-state index contributed by atoms with van der Waals surface area (Å²) in [6, 6.07) is 4.85. The second-order valence-electron chi connectivity index (χ2n) is 7.13. The van der Waals surface area contributed by atoms with Crippen LogP contribution in [-0.4, -0.2) is 6.54 Å². The van der Waals surface area contributed by atoms with E-state index in [4.69, 9.17) is 5.73 Å². The Morgan fingerprint density at radius 1 is 1.00 bits per heavy atom. The Morgan fingerprint density at radius 2 is 1.50 bits per heavy atom. The first-order valence-corrected chi connectivity index (χ1v) is 7.12. The Hall–Kier alpha value is -0.820. The molecule has 1 aliphatic carbocycles.